The van der Waals surface area contributed by atoms with E-state index < -0.39 is 17.7 Å². The van der Waals surface area contributed by atoms with Gasteiger partial charge >= 0.3 is 0 Å². The average Bonchev–Trinajstić information content (AvgIpc) is 2.24. The zero-order valence-corrected chi connectivity index (χ0v) is 11.4. The lowest BCUT2D eigenvalue weighted by atomic mass is 9.96. The SMILES string of the molecule is COCC(C)CC(N)c1c(F)ccc(Br)c1F. The third-order valence-electron chi connectivity index (χ3n) is 2.56. The summed E-state index contributed by atoms with van der Waals surface area (Å²) in [6.45, 7) is 2.45. The highest BCUT2D eigenvalue weighted by atomic mass is 79.9. The first-order valence-corrected chi connectivity index (χ1v) is 6.14. The van der Waals surface area contributed by atoms with Crippen molar-refractivity contribution in [1.29, 1.82) is 0 Å². The number of ether oxygens (including phenoxy) is 1. The fourth-order valence-electron chi connectivity index (χ4n) is 1.79. The summed E-state index contributed by atoms with van der Waals surface area (Å²) in [5.74, 6) is -1.09. The summed E-state index contributed by atoms with van der Waals surface area (Å²) in [5, 5.41) is 0. The summed E-state index contributed by atoms with van der Waals surface area (Å²) in [5.41, 5.74) is 5.77. The molecule has 0 aromatic heterocycles. The summed E-state index contributed by atoms with van der Waals surface area (Å²) in [7, 11) is 1.59. The summed E-state index contributed by atoms with van der Waals surface area (Å²) >= 11 is 3.02. The van der Waals surface area contributed by atoms with E-state index in [4.69, 9.17) is 10.5 Å². The smallest absolute Gasteiger partial charge is 0.145 e. The van der Waals surface area contributed by atoms with Gasteiger partial charge in [0.25, 0.3) is 0 Å². The molecule has 0 bridgehead atoms. The minimum Gasteiger partial charge on any atom is -0.384 e. The highest BCUT2D eigenvalue weighted by Gasteiger charge is 2.20. The molecule has 0 aliphatic rings. The number of rotatable bonds is 5. The zero-order chi connectivity index (χ0) is 13.0. The van der Waals surface area contributed by atoms with Gasteiger partial charge in [0, 0.05) is 25.3 Å². The van der Waals surface area contributed by atoms with Gasteiger partial charge in [-0.05, 0) is 40.4 Å². The van der Waals surface area contributed by atoms with Crippen LogP contribution in [0.15, 0.2) is 16.6 Å². The van der Waals surface area contributed by atoms with Crippen molar-refractivity contribution < 1.29 is 13.5 Å². The lowest BCUT2D eigenvalue weighted by Crippen LogP contribution is -2.19. The van der Waals surface area contributed by atoms with E-state index in [1.165, 1.54) is 12.1 Å². The van der Waals surface area contributed by atoms with Gasteiger partial charge in [-0.3, -0.25) is 0 Å². The summed E-state index contributed by atoms with van der Waals surface area (Å²) in [4.78, 5) is 0. The predicted molar refractivity (Wildman–Crippen MR) is 66.6 cm³/mol. The molecular weight excluding hydrogens is 292 g/mol. The van der Waals surface area contributed by atoms with Crippen molar-refractivity contribution >= 4 is 15.9 Å². The molecule has 0 heterocycles. The van der Waals surface area contributed by atoms with Crippen LogP contribution in [0.5, 0.6) is 0 Å². The molecule has 2 nitrogen and oxygen atoms in total. The van der Waals surface area contributed by atoms with E-state index >= 15 is 0 Å². The van der Waals surface area contributed by atoms with Crippen molar-refractivity contribution in [3.63, 3.8) is 0 Å². The minimum absolute atomic E-state index is 0.0673. The third-order valence-corrected chi connectivity index (χ3v) is 3.17. The van der Waals surface area contributed by atoms with Gasteiger partial charge in [0.05, 0.1) is 4.47 Å². The highest BCUT2D eigenvalue weighted by Crippen LogP contribution is 2.28. The molecule has 17 heavy (non-hydrogen) atoms. The number of methoxy groups -OCH3 is 1. The van der Waals surface area contributed by atoms with E-state index in [1.807, 2.05) is 6.92 Å². The Balaban J connectivity index is 2.88. The van der Waals surface area contributed by atoms with E-state index in [2.05, 4.69) is 15.9 Å². The van der Waals surface area contributed by atoms with Gasteiger partial charge < -0.3 is 10.5 Å². The van der Waals surface area contributed by atoms with Gasteiger partial charge in [-0.2, -0.15) is 0 Å². The molecule has 0 saturated carbocycles. The molecule has 0 saturated heterocycles. The Morgan fingerprint density at radius 2 is 2.06 bits per heavy atom. The quantitative estimate of drug-likeness (QED) is 0.846. The van der Waals surface area contributed by atoms with Crippen molar-refractivity contribution in [1.82, 2.24) is 0 Å². The third kappa shape index (κ3) is 3.72. The second-order valence-electron chi connectivity index (χ2n) is 4.16. The predicted octanol–water partition coefficient (Wildman–Crippen LogP) is 3.40. The number of benzene rings is 1. The molecular formula is C12H16BrF2NO. The van der Waals surface area contributed by atoms with Gasteiger partial charge in [0.2, 0.25) is 0 Å². The van der Waals surface area contributed by atoms with Crippen LogP contribution in [0.1, 0.15) is 24.9 Å². The summed E-state index contributed by atoms with van der Waals surface area (Å²) in [6.07, 6.45) is 0.470. The Morgan fingerprint density at radius 3 is 2.65 bits per heavy atom. The standard InChI is InChI=1S/C12H16BrF2NO/c1-7(6-17-2)5-10(16)11-9(14)4-3-8(13)12(11)15/h3-4,7,10H,5-6,16H2,1-2H3. The average molecular weight is 308 g/mol. The fourth-order valence-corrected chi connectivity index (χ4v) is 2.13. The normalized spacial score (nSPS) is 14.7. The van der Waals surface area contributed by atoms with Gasteiger partial charge in [0.1, 0.15) is 11.6 Å². The van der Waals surface area contributed by atoms with Gasteiger partial charge in [-0.1, -0.05) is 6.92 Å². The number of hydrogen-bond donors (Lipinski definition) is 1. The maximum atomic E-state index is 13.8. The van der Waals surface area contributed by atoms with E-state index in [0.717, 1.165) is 0 Å². The summed E-state index contributed by atoms with van der Waals surface area (Å²) < 4.78 is 32.5. The Kier molecular flexibility index (Phi) is 5.49. The number of halogens is 3. The van der Waals surface area contributed by atoms with E-state index in [-0.39, 0.29) is 16.0 Å². The van der Waals surface area contributed by atoms with Gasteiger partial charge in [-0.15, -0.1) is 0 Å². The van der Waals surface area contributed by atoms with Crippen LogP contribution < -0.4 is 5.73 Å². The maximum absolute atomic E-state index is 13.8. The number of nitrogens with two attached hydrogens (primary N) is 1. The van der Waals surface area contributed by atoms with Gasteiger partial charge in [-0.25, -0.2) is 8.78 Å². The van der Waals surface area contributed by atoms with E-state index in [9.17, 15) is 8.78 Å². The Morgan fingerprint density at radius 1 is 1.41 bits per heavy atom. The van der Waals surface area contributed by atoms with Crippen molar-refractivity contribution in [2.45, 2.75) is 19.4 Å². The second-order valence-corrected chi connectivity index (χ2v) is 5.01. The van der Waals surface area contributed by atoms with Crippen LogP contribution in [0.25, 0.3) is 0 Å². The van der Waals surface area contributed by atoms with Crippen LogP contribution in [-0.4, -0.2) is 13.7 Å². The van der Waals surface area contributed by atoms with Crippen molar-refractivity contribution in [3.8, 4) is 0 Å². The van der Waals surface area contributed by atoms with E-state index in [0.29, 0.717) is 13.0 Å². The fraction of sp³-hybridized carbons (Fsp3) is 0.500. The van der Waals surface area contributed by atoms with Crippen LogP contribution in [-0.2, 0) is 4.74 Å². The van der Waals surface area contributed by atoms with Crippen molar-refractivity contribution in [3.05, 3.63) is 33.8 Å². The minimum atomic E-state index is -0.669. The maximum Gasteiger partial charge on any atom is 0.145 e. The highest BCUT2D eigenvalue weighted by molar-refractivity contribution is 9.10. The first-order valence-electron chi connectivity index (χ1n) is 5.35. The molecule has 2 N–H and O–H groups in total. The molecule has 0 aliphatic carbocycles. The zero-order valence-electron chi connectivity index (χ0n) is 9.84. The van der Waals surface area contributed by atoms with Crippen LogP contribution in [0, 0.1) is 17.6 Å². The summed E-state index contributed by atoms with van der Waals surface area (Å²) in [6, 6.07) is 1.88. The van der Waals surface area contributed by atoms with Crippen LogP contribution in [0.2, 0.25) is 0 Å². The molecule has 0 radical (unpaired) electrons. The largest absolute Gasteiger partial charge is 0.384 e. The molecule has 5 heteroatoms. The second kappa shape index (κ2) is 6.42. The van der Waals surface area contributed by atoms with Crippen molar-refractivity contribution in [2.75, 3.05) is 13.7 Å². The number of hydrogen-bond acceptors (Lipinski definition) is 2. The molecule has 0 fully saturated rings. The molecule has 0 spiro atoms. The molecule has 1 aromatic rings. The Bertz CT molecular complexity index is 387. The van der Waals surface area contributed by atoms with Crippen LogP contribution in [0.4, 0.5) is 8.78 Å². The molecule has 2 unspecified atom stereocenters. The Labute approximate surface area is 108 Å². The molecule has 0 amide bonds. The molecule has 96 valence electrons. The van der Waals surface area contributed by atoms with Crippen LogP contribution in [0.3, 0.4) is 0 Å². The first kappa shape index (κ1) is 14.5. The first-order chi connectivity index (χ1) is 7.97. The molecule has 1 rings (SSSR count). The lowest BCUT2D eigenvalue weighted by molar-refractivity contribution is 0.151. The van der Waals surface area contributed by atoms with E-state index in [1.54, 1.807) is 7.11 Å². The van der Waals surface area contributed by atoms with Crippen LogP contribution >= 0.6 is 15.9 Å². The van der Waals surface area contributed by atoms with Crippen molar-refractivity contribution in [2.24, 2.45) is 11.7 Å². The molecule has 0 aliphatic heterocycles. The Hall–Kier alpha value is -0.520. The monoisotopic (exact) mass is 307 g/mol. The molecule has 2 atom stereocenters. The van der Waals surface area contributed by atoms with Gasteiger partial charge in [0.15, 0.2) is 0 Å². The molecule has 1 aromatic carbocycles. The topological polar surface area (TPSA) is 35.2 Å². The lowest BCUT2D eigenvalue weighted by Gasteiger charge is -2.18.